The molecule has 21 heavy (non-hydrogen) atoms. The lowest BCUT2D eigenvalue weighted by molar-refractivity contribution is -0.138. The second-order valence-electron chi connectivity index (χ2n) is 4.74. The van der Waals surface area contributed by atoms with Crippen LogP contribution in [-0.2, 0) is 19.6 Å². The Morgan fingerprint density at radius 1 is 1.33 bits per heavy atom. The van der Waals surface area contributed by atoms with Gasteiger partial charge in [-0.25, -0.2) is 0 Å². The van der Waals surface area contributed by atoms with Crippen molar-refractivity contribution in [2.75, 3.05) is 0 Å². The van der Waals surface area contributed by atoms with E-state index in [1.165, 1.54) is 12.1 Å². The molecule has 0 aliphatic rings. The lowest BCUT2D eigenvalue weighted by Gasteiger charge is -2.15. The van der Waals surface area contributed by atoms with E-state index in [0.717, 1.165) is 11.8 Å². The Hall–Kier alpha value is -1.34. The van der Waals surface area contributed by atoms with Gasteiger partial charge < -0.3 is 5.11 Å². The summed E-state index contributed by atoms with van der Waals surface area (Å²) in [5.74, 6) is 0. The van der Waals surface area contributed by atoms with Gasteiger partial charge in [0.05, 0.1) is 11.7 Å². The number of nitrogens with zero attached hydrogens (tertiary/aromatic N) is 2. The smallest absolute Gasteiger partial charge is 0.388 e. The topological polar surface area (TPSA) is 38.0 Å². The quantitative estimate of drug-likeness (QED) is 0.896. The molecular weight excluding hydrogens is 349 g/mol. The zero-order valence-electron chi connectivity index (χ0n) is 11.2. The van der Waals surface area contributed by atoms with Crippen LogP contribution in [-0.4, -0.2) is 14.9 Å². The summed E-state index contributed by atoms with van der Waals surface area (Å²) in [7, 11) is 1.78. The highest BCUT2D eigenvalue weighted by Gasteiger charge is 2.33. The third-order valence-corrected chi connectivity index (χ3v) is 3.97. The predicted octanol–water partition coefficient (Wildman–Crippen LogP) is 3.87. The minimum absolute atomic E-state index is 0.0300. The zero-order chi connectivity index (χ0) is 15.6. The van der Waals surface area contributed by atoms with Crippen LogP contribution in [0.1, 0.15) is 29.3 Å². The summed E-state index contributed by atoms with van der Waals surface area (Å²) in [6.45, 7) is 0. The van der Waals surface area contributed by atoms with E-state index in [1.807, 2.05) is 6.07 Å². The molecule has 1 heterocycles. The van der Waals surface area contributed by atoms with Gasteiger partial charge >= 0.3 is 6.18 Å². The second kappa shape index (κ2) is 6.19. The second-order valence-corrected chi connectivity index (χ2v) is 5.59. The first-order valence-electron chi connectivity index (χ1n) is 6.30. The van der Waals surface area contributed by atoms with Crippen LogP contribution in [0.25, 0.3) is 0 Å². The molecule has 0 aliphatic carbocycles. The van der Waals surface area contributed by atoms with Gasteiger partial charge in [-0.3, -0.25) is 4.68 Å². The van der Waals surface area contributed by atoms with Gasteiger partial charge in [0.25, 0.3) is 0 Å². The molecule has 0 spiro atoms. The first-order chi connectivity index (χ1) is 9.79. The SMILES string of the molecule is Cn1nccc1CCC(O)c1ccc(Br)c(C(F)(F)F)c1. The summed E-state index contributed by atoms with van der Waals surface area (Å²) < 4.78 is 40.1. The molecule has 3 nitrogen and oxygen atoms in total. The Morgan fingerprint density at radius 2 is 2.05 bits per heavy atom. The number of aryl methyl sites for hydroxylation is 2. The van der Waals surface area contributed by atoms with Crippen LogP contribution in [0.5, 0.6) is 0 Å². The first-order valence-corrected chi connectivity index (χ1v) is 7.10. The van der Waals surface area contributed by atoms with Crippen LogP contribution in [0, 0.1) is 0 Å². The van der Waals surface area contributed by atoms with E-state index in [0.29, 0.717) is 12.8 Å². The zero-order valence-corrected chi connectivity index (χ0v) is 12.8. The number of hydrogen-bond donors (Lipinski definition) is 1. The van der Waals surface area contributed by atoms with Crippen LogP contribution >= 0.6 is 15.9 Å². The number of aromatic nitrogens is 2. The number of hydrogen-bond acceptors (Lipinski definition) is 2. The maximum absolute atomic E-state index is 12.8. The van der Waals surface area contributed by atoms with Gasteiger partial charge in [-0.1, -0.05) is 22.0 Å². The van der Waals surface area contributed by atoms with E-state index in [-0.39, 0.29) is 10.0 Å². The van der Waals surface area contributed by atoms with Crippen LogP contribution in [0.3, 0.4) is 0 Å². The minimum Gasteiger partial charge on any atom is -0.388 e. The summed E-state index contributed by atoms with van der Waals surface area (Å²) in [6, 6.07) is 5.60. The fourth-order valence-corrected chi connectivity index (χ4v) is 2.54. The third kappa shape index (κ3) is 3.85. The molecule has 0 fully saturated rings. The Kier molecular flexibility index (Phi) is 4.73. The summed E-state index contributed by atoms with van der Waals surface area (Å²) in [5.41, 5.74) is 0.398. The number of halogens is 4. The van der Waals surface area contributed by atoms with E-state index in [2.05, 4.69) is 21.0 Å². The normalized spacial score (nSPS) is 13.4. The molecular formula is C14H14BrF3N2O. The number of aliphatic hydroxyl groups is 1. The van der Waals surface area contributed by atoms with Gasteiger partial charge in [-0.15, -0.1) is 0 Å². The fraction of sp³-hybridized carbons (Fsp3) is 0.357. The molecule has 1 atom stereocenters. The maximum Gasteiger partial charge on any atom is 0.417 e. The van der Waals surface area contributed by atoms with Gasteiger partial charge in [-0.2, -0.15) is 18.3 Å². The average molecular weight is 363 g/mol. The standard InChI is InChI=1S/C14H14BrF3N2O/c1-20-10(6-7-19-20)3-5-13(21)9-2-4-12(15)11(8-9)14(16,17)18/h2,4,6-8,13,21H,3,5H2,1H3. The van der Waals surface area contributed by atoms with Crippen molar-refractivity contribution in [2.24, 2.45) is 7.05 Å². The van der Waals surface area contributed by atoms with E-state index in [4.69, 9.17) is 0 Å². The van der Waals surface area contributed by atoms with Crippen LogP contribution in [0.4, 0.5) is 13.2 Å². The molecule has 0 bridgehead atoms. The van der Waals surface area contributed by atoms with Crippen molar-refractivity contribution in [2.45, 2.75) is 25.1 Å². The van der Waals surface area contributed by atoms with E-state index < -0.39 is 17.8 Å². The average Bonchev–Trinajstić information content (AvgIpc) is 2.80. The highest BCUT2D eigenvalue weighted by atomic mass is 79.9. The predicted molar refractivity (Wildman–Crippen MR) is 75.6 cm³/mol. The van der Waals surface area contributed by atoms with Crippen molar-refractivity contribution >= 4 is 15.9 Å². The lowest BCUT2D eigenvalue weighted by Crippen LogP contribution is -2.09. The number of benzene rings is 1. The molecule has 2 rings (SSSR count). The van der Waals surface area contributed by atoms with Crippen molar-refractivity contribution < 1.29 is 18.3 Å². The Bertz CT molecular complexity index is 625. The van der Waals surface area contributed by atoms with Crippen molar-refractivity contribution in [3.63, 3.8) is 0 Å². The van der Waals surface area contributed by atoms with Crippen molar-refractivity contribution in [1.82, 2.24) is 9.78 Å². The van der Waals surface area contributed by atoms with Gasteiger partial charge in [0, 0.05) is 23.4 Å². The van der Waals surface area contributed by atoms with Gasteiger partial charge in [0.15, 0.2) is 0 Å². The molecule has 1 aromatic heterocycles. The number of aliphatic hydroxyl groups excluding tert-OH is 1. The summed E-state index contributed by atoms with van der Waals surface area (Å²) in [4.78, 5) is 0. The van der Waals surface area contributed by atoms with Crippen molar-refractivity contribution in [1.29, 1.82) is 0 Å². The number of alkyl halides is 3. The molecule has 0 radical (unpaired) electrons. The van der Waals surface area contributed by atoms with Crippen LogP contribution in [0.15, 0.2) is 34.9 Å². The highest BCUT2D eigenvalue weighted by Crippen LogP contribution is 2.36. The Balaban J connectivity index is 2.12. The van der Waals surface area contributed by atoms with E-state index in [1.54, 1.807) is 17.9 Å². The van der Waals surface area contributed by atoms with Gasteiger partial charge in [0.1, 0.15) is 0 Å². The third-order valence-electron chi connectivity index (χ3n) is 3.28. The molecule has 2 aromatic rings. The molecule has 7 heteroatoms. The van der Waals surface area contributed by atoms with Crippen LogP contribution < -0.4 is 0 Å². The van der Waals surface area contributed by atoms with Crippen molar-refractivity contribution in [3.8, 4) is 0 Å². The first kappa shape index (κ1) is 16.0. The monoisotopic (exact) mass is 362 g/mol. The molecule has 0 saturated carbocycles. The summed E-state index contributed by atoms with van der Waals surface area (Å²) in [6.07, 6.45) is -2.89. The molecule has 0 saturated heterocycles. The Morgan fingerprint density at radius 3 is 2.62 bits per heavy atom. The summed E-state index contributed by atoms with van der Waals surface area (Å²) >= 11 is 2.88. The maximum atomic E-state index is 12.8. The number of rotatable bonds is 4. The van der Waals surface area contributed by atoms with Crippen LogP contribution in [0.2, 0.25) is 0 Å². The van der Waals surface area contributed by atoms with Gasteiger partial charge in [0.2, 0.25) is 0 Å². The molecule has 1 unspecified atom stereocenters. The molecule has 0 amide bonds. The molecule has 1 N–H and O–H groups in total. The molecule has 1 aromatic carbocycles. The largest absolute Gasteiger partial charge is 0.417 e. The molecule has 0 aliphatic heterocycles. The minimum atomic E-state index is -4.45. The Labute approximate surface area is 128 Å². The van der Waals surface area contributed by atoms with E-state index in [9.17, 15) is 18.3 Å². The lowest BCUT2D eigenvalue weighted by atomic mass is 10.0. The van der Waals surface area contributed by atoms with Gasteiger partial charge in [-0.05, 0) is 36.6 Å². The van der Waals surface area contributed by atoms with Crippen molar-refractivity contribution in [3.05, 3.63) is 51.8 Å². The highest BCUT2D eigenvalue weighted by molar-refractivity contribution is 9.10. The van der Waals surface area contributed by atoms with E-state index >= 15 is 0 Å². The fourth-order valence-electron chi connectivity index (χ4n) is 2.07. The summed E-state index contributed by atoms with van der Waals surface area (Å²) in [5, 5.41) is 14.1. The molecule has 114 valence electrons.